The fraction of sp³-hybridized carbons (Fsp3) is 0.625. The number of carbonyl (C=O) groups is 1. The molecule has 1 aromatic heterocycles. The highest BCUT2D eigenvalue weighted by atomic mass is 16.2. The summed E-state index contributed by atoms with van der Waals surface area (Å²) in [6.45, 7) is 4.69. The van der Waals surface area contributed by atoms with Gasteiger partial charge in [-0.05, 0) is 56.6 Å². The van der Waals surface area contributed by atoms with Crippen molar-refractivity contribution in [2.75, 3.05) is 25.0 Å². The molecule has 2 fully saturated rings. The molecule has 0 saturated heterocycles. The van der Waals surface area contributed by atoms with Crippen LogP contribution in [0.3, 0.4) is 0 Å². The molecule has 4 nitrogen and oxygen atoms in total. The van der Waals surface area contributed by atoms with Gasteiger partial charge in [0.15, 0.2) is 0 Å². The van der Waals surface area contributed by atoms with Gasteiger partial charge in [0.05, 0.1) is 0 Å². The summed E-state index contributed by atoms with van der Waals surface area (Å²) in [5.74, 6) is 2.35. The Bertz CT molecular complexity index is 466. The van der Waals surface area contributed by atoms with Crippen LogP contribution in [-0.4, -0.2) is 35.4 Å². The van der Waals surface area contributed by atoms with E-state index in [1.165, 1.54) is 25.7 Å². The van der Waals surface area contributed by atoms with E-state index in [1.807, 2.05) is 30.0 Å². The molecule has 2 saturated carbocycles. The lowest BCUT2D eigenvalue weighted by Crippen LogP contribution is -2.35. The number of carbonyl (C=O) groups excluding carboxylic acids is 1. The van der Waals surface area contributed by atoms with Gasteiger partial charge in [-0.15, -0.1) is 0 Å². The van der Waals surface area contributed by atoms with Gasteiger partial charge in [-0.25, -0.2) is 4.98 Å². The molecule has 2 aliphatic rings. The zero-order valence-corrected chi connectivity index (χ0v) is 12.1. The Morgan fingerprint density at radius 3 is 2.45 bits per heavy atom. The van der Waals surface area contributed by atoms with Gasteiger partial charge in [0, 0.05) is 19.6 Å². The van der Waals surface area contributed by atoms with Gasteiger partial charge < -0.3 is 10.2 Å². The van der Waals surface area contributed by atoms with Crippen molar-refractivity contribution in [3.63, 3.8) is 0 Å². The maximum Gasteiger partial charge on any atom is 0.272 e. The Balaban J connectivity index is 1.71. The SMILES string of the molecule is CCNc1cccc(C(=O)N(CC2CC2)CC2CC2)n1. The zero-order chi connectivity index (χ0) is 13.9. The fourth-order valence-corrected chi connectivity index (χ4v) is 2.46. The Labute approximate surface area is 120 Å². The van der Waals surface area contributed by atoms with Gasteiger partial charge in [-0.1, -0.05) is 6.07 Å². The number of pyridine rings is 1. The zero-order valence-electron chi connectivity index (χ0n) is 12.1. The minimum Gasteiger partial charge on any atom is -0.370 e. The van der Waals surface area contributed by atoms with Crippen molar-refractivity contribution in [1.29, 1.82) is 0 Å². The molecule has 1 amide bonds. The van der Waals surface area contributed by atoms with E-state index in [1.54, 1.807) is 0 Å². The lowest BCUT2D eigenvalue weighted by molar-refractivity contribution is 0.0734. The van der Waals surface area contributed by atoms with E-state index in [2.05, 4.69) is 10.3 Å². The van der Waals surface area contributed by atoms with E-state index in [0.29, 0.717) is 5.69 Å². The highest BCUT2D eigenvalue weighted by Crippen LogP contribution is 2.34. The predicted molar refractivity (Wildman–Crippen MR) is 79.8 cm³/mol. The first kappa shape index (κ1) is 13.4. The molecule has 1 N–H and O–H groups in total. The van der Waals surface area contributed by atoms with Gasteiger partial charge in [0.1, 0.15) is 11.5 Å². The smallest absolute Gasteiger partial charge is 0.272 e. The first-order chi connectivity index (χ1) is 9.76. The summed E-state index contributed by atoms with van der Waals surface area (Å²) in [6.07, 6.45) is 5.11. The summed E-state index contributed by atoms with van der Waals surface area (Å²) >= 11 is 0. The van der Waals surface area contributed by atoms with Crippen molar-refractivity contribution >= 4 is 11.7 Å². The first-order valence-electron chi connectivity index (χ1n) is 7.76. The highest BCUT2D eigenvalue weighted by Gasteiger charge is 2.32. The normalized spacial score (nSPS) is 17.9. The van der Waals surface area contributed by atoms with Crippen LogP contribution in [-0.2, 0) is 0 Å². The van der Waals surface area contributed by atoms with E-state index >= 15 is 0 Å². The molecule has 0 atom stereocenters. The van der Waals surface area contributed by atoms with Crippen molar-refractivity contribution in [3.8, 4) is 0 Å². The third-order valence-corrected chi connectivity index (χ3v) is 3.96. The molecule has 0 bridgehead atoms. The number of anilines is 1. The van der Waals surface area contributed by atoms with Crippen molar-refractivity contribution in [3.05, 3.63) is 23.9 Å². The Morgan fingerprint density at radius 1 is 1.25 bits per heavy atom. The summed E-state index contributed by atoms with van der Waals surface area (Å²) in [5, 5.41) is 3.17. The highest BCUT2D eigenvalue weighted by molar-refractivity contribution is 5.92. The van der Waals surface area contributed by atoms with Crippen LogP contribution in [0.4, 0.5) is 5.82 Å². The average molecular weight is 273 g/mol. The van der Waals surface area contributed by atoms with Crippen LogP contribution in [0.5, 0.6) is 0 Å². The van der Waals surface area contributed by atoms with Gasteiger partial charge in [-0.2, -0.15) is 0 Å². The molecule has 0 unspecified atom stereocenters. The van der Waals surface area contributed by atoms with Gasteiger partial charge in [0.25, 0.3) is 5.91 Å². The van der Waals surface area contributed by atoms with Crippen LogP contribution in [0.25, 0.3) is 0 Å². The van der Waals surface area contributed by atoms with Crippen molar-refractivity contribution in [1.82, 2.24) is 9.88 Å². The van der Waals surface area contributed by atoms with Crippen LogP contribution in [0, 0.1) is 11.8 Å². The number of hydrogen-bond donors (Lipinski definition) is 1. The second-order valence-corrected chi connectivity index (χ2v) is 6.04. The summed E-state index contributed by atoms with van der Waals surface area (Å²) in [4.78, 5) is 19.1. The fourth-order valence-electron chi connectivity index (χ4n) is 2.46. The van der Waals surface area contributed by atoms with Crippen LogP contribution in [0.15, 0.2) is 18.2 Å². The quantitative estimate of drug-likeness (QED) is 0.831. The van der Waals surface area contributed by atoms with Crippen LogP contribution in [0.1, 0.15) is 43.1 Å². The Morgan fingerprint density at radius 2 is 1.90 bits per heavy atom. The van der Waals surface area contributed by atoms with E-state index in [0.717, 1.165) is 37.3 Å². The summed E-state index contributed by atoms with van der Waals surface area (Å²) in [6, 6.07) is 5.65. The third kappa shape index (κ3) is 3.50. The monoisotopic (exact) mass is 273 g/mol. The Hall–Kier alpha value is -1.58. The standard InChI is InChI=1S/C16H23N3O/c1-2-17-15-5-3-4-14(18-15)16(20)19(10-12-6-7-12)11-13-8-9-13/h3-5,12-13H,2,6-11H2,1H3,(H,17,18). The van der Waals surface area contributed by atoms with Gasteiger partial charge in [-0.3, -0.25) is 4.79 Å². The molecule has 0 radical (unpaired) electrons. The second kappa shape index (κ2) is 5.81. The van der Waals surface area contributed by atoms with Crippen molar-refractivity contribution in [2.45, 2.75) is 32.6 Å². The molecular formula is C16H23N3O. The molecule has 2 aliphatic carbocycles. The number of nitrogens with one attached hydrogen (secondary N) is 1. The van der Waals surface area contributed by atoms with E-state index < -0.39 is 0 Å². The molecule has 0 spiro atoms. The lowest BCUT2D eigenvalue weighted by atomic mass is 10.2. The number of aromatic nitrogens is 1. The van der Waals surface area contributed by atoms with Crippen LogP contribution < -0.4 is 5.32 Å². The molecule has 4 heteroatoms. The van der Waals surface area contributed by atoms with E-state index in [4.69, 9.17) is 0 Å². The molecular weight excluding hydrogens is 250 g/mol. The minimum absolute atomic E-state index is 0.101. The number of nitrogens with zero attached hydrogens (tertiary/aromatic N) is 2. The lowest BCUT2D eigenvalue weighted by Gasteiger charge is -2.22. The third-order valence-electron chi connectivity index (χ3n) is 3.96. The maximum atomic E-state index is 12.7. The Kier molecular flexibility index (Phi) is 3.90. The predicted octanol–water partition coefficient (Wildman–Crippen LogP) is 2.78. The summed E-state index contributed by atoms with van der Waals surface area (Å²) in [5.41, 5.74) is 0.574. The number of hydrogen-bond acceptors (Lipinski definition) is 3. The number of amides is 1. The number of rotatable bonds is 7. The van der Waals surface area contributed by atoms with Gasteiger partial charge >= 0.3 is 0 Å². The topological polar surface area (TPSA) is 45.2 Å². The minimum atomic E-state index is 0.101. The summed E-state index contributed by atoms with van der Waals surface area (Å²) < 4.78 is 0. The largest absolute Gasteiger partial charge is 0.370 e. The van der Waals surface area contributed by atoms with Crippen molar-refractivity contribution in [2.24, 2.45) is 11.8 Å². The van der Waals surface area contributed by atoms with Gasteiger partial charge in [0.2, 0.25) is 0 Å². The molecule has 0 aliphatic heterocycles. The maximum absolute atomic E-state index is 12.7. The van der Waals surface area contributed by atoms with E-state index in [9.17, 15) is 4.79 Å². The molecule has 3 rings (SSSR count). The van der Waals surface area contributed by atoms with Crippen molar-refractivity contribution < 1.29 is 4.79 Å². The van der Waals surface area contributed by atoms with Crippen LogP contribution >= 0.6 is 0 Å². The van der Waals surface area contributed by atoms with Crippen LogP contribution in [0.2, 0.25) is 0 Å². The summed E-state index contributed by atoms with van der Waals surface area (Å²) in [7, 11) is 0. The average Bonchev–Trinajstić information content (AvgIpc) is 3.33. The second-order valence-electron chi connectivity index (χ2n) is 6.04. The molecule has 20 heavy (non-hydrogen) atoms. The first-order valence-corrected chi connectivity index (χ1v) is 7.76. The molecule has 1 heterocycles. The van der Waals surface area contributed by atoms with E-state index in [-0.39, 0.29) is 5.91 Å². The molecule has 0 aromatic carbocycles. The molecule has 108 valence electrons. The molecule has 1 aromatic rings.